The van der Waals surface area contributed by atoms with Gasteiger partial charge in [-0.05, 0) is 0 Å². The highest BCUT2D eigenvalue weighted by Crippen LogP contribution is 2.02. The lowest BCUT2D eigenvalue weighted by atomic mass is 10.3. The average Bonchev–Trinajstić information content (AvgIpc) is 1.84. The molecule has 0 fully saturated rings. The second-order valence-corrected chi connectivity index (χ2v) is 2.90. The molecule has 1 nitrogen and oxygen atoms in total. The van der Waals surface area contributed by atoms with E-state index in [9.17, 15) is 4.79 Å². The summed E-state index contributed by atoms with van der Waals surface area (Å²) in [5.41, 5.74) is 0. The molecule has 0 aromatic carbocycles. The highest BCUT2D eigenvalue weighted by Gasteiger charge is 2.10. The van der Waals surface area contributed by atoms with Crippen molar-refractivity contribution in [2.24, 2.45) is 0 Å². The molecule has 0 spiro atoms. The molecule has 0 aromatic heterocycles. The van der Waals surface area contributed by atoms with Crippen LogP contribution in [0.5, 0.6) is 0 Å². The summed E-state index contributed by atoms with van der Waals surface area (Å²) in [7, 11) is 0. The lowest BCUT2D eigenvalue weighted by Crippen LogP contribution is -2.16. The van der Waals surface area contributed by atoms with E-state index >= 15 is 0 Å². The first-order valence-electron chi connectivity index (χ1n) is 2.01. The Balaban J connectivity index is 3.46. The van der Waals surface area contributed by atoms with Crippen LogP contribution in [0.2, 0.25) is 0 Å². The molecule has 0 rings (SSSR count). The smallest absolute Gasteiger partial charge is 0.166 e. The quantitative estimate of drug-likeness (QED) is 0.563. The van der Waals surface area contributed by atoms with Crippen molar-refractivity contribution in [3.8, 4) is 0 Å². The fourth-order valence-electron chi connectivity index (χ4n) is 0.170. The molecule has 0 heterocycles. The van der Waals surface area contributed by atoms with Crippen LogP contribution in [0, 0.1) is 0 Å². The van der Waals surface area contributed by atoms with Crippen molar-refractivity contribution < 1.29 is 4.79 Å². The molecular formula is C4H5Cl2IO. The molecule has 0 saturated heterocycles. The van der Waals surface area contributed by atoms with Crippen molar-refractivity contribution in [3.63, 3.8) is 0 Å². The zero-order valence-electron chi connectivity index (χ0n) is 4.03. The minimum absolute atomic E-state index is 0.0250. The van der Waals surface area contributed by atoms with Gasteiger partial charge in [0.15, 0.2) is 5.78 Å². The number of alkyl halides is 3. The topological polar surface area (TPSA) is 17.1 Å². The van der Waals surface area contributed by atoms with Gasteiger partial charge in [0, 0.05) is 4.43 Å². The lowest BCUT2D eigenvalue weighted by Gasteiger charge is -1.97. The van der Waals surface area contributed by atoms with Gasteiger partial charge in [-0.1, -0.05) is 22.6 Å². The van der Waals surface area contributed by atoms with Gasteiger partial charge in [0.25, 0.3) is 0 Å². The Morgan fingerprint density at radius 1 is 1.75 bits per heavy atom. The zero-order chi connectivity index (χ0) is 6.57. The Morgan fingerprint density at radius 3 is 2.38 bits per heavy atom. The Hall–Kier alpha value is 0.980. The first-order chi connectivity index (χ1) is 3.72. The van der Waals surface area contributed by atoms with Crippen LogP contribution >= 0.6 is 45.8 Å². The van der Waals surface area contributed by atoms with Crippen LogP contribution < -0.4 is 0 Å². The van der Waals surface area contributed by atoms with E-state index in [2.05, 4.69) is 0 Å². The second-order valence-electron chi connectivity index (χ2n) is 1.22. The predicted molar refractivity (Wildman–Crippen MR) is 44.3 cm³/mol. The molecule has 0 aliphatic heterocycles. The standard InChI is InChI=1S/C4H5Cl2IO/c5-1-4(8)3(6)2-7/h3H,1-2H2. The SMILES string of the molecule is O=C(CCl)C(Cl)CI. The van der Waals surface area contributed by atoms with E-state index in [4.69, 9.17) is 23.2 Å². The number of rotatable bonds is 3. The maximum atomic E-state index is 10.5. The highest BCUT2D eigenvalue weighted by molar-refractivity contribution is 14.1. The summed E-state index contributed by atoms with van der Waals surface area (Å²) in [6, 6.07) is 0. The zero-order valence-corrected chi connectivity index (χ0v) is 7.70. The predicted octanol–water partition coefficient (Wildman–Crippen LogP) is 1.84. The minimum Gasteiger partial charge on any atom is -0.297 e. The summed E-state index contributed by atoms with van der Waals surface area (Å²) in [5.74, 6) is -0.0697. The van der Waals surface area contributed by atoms with Crippen LogP contribution in [0.4, 0.5) is 0 Å². The van der Waals surface area contributed by atoms with Crippen LogP contribution in [0.15, 0.2) is 0 Å². The first kappa shape index (κ1) is 8.98. The molecule has 0 saturated carbocycles. The molecule has 0 amide bonds. The van der Waals surface area contributed by atoms with Crippen molar-refractivity contribution >= 4 is 51.6 Å². The molecule has 0 bridgehead atoms. The van der Waals surface area contributed by atoms with Gasteiger partial charge in [0.1, 0.15) is 5.38 Å². The Bertz CT molecular complexity index is 86.1. The maximum Gasteiger partial charge on any atom is 0.166 e. The second kappa shape index (κ2) is 4.82. The van der Waals surface area contributed by atoms with Crippen molar-refractivity contribution in [2.45, 2.75) is 5.38 Å². The van der Waals surface area contributed by atoms with E-state index in [1.807, 2.05) is 22.6 Å². The molecular weight excluding hydrogens is 262 g/mol. The highest BCUT2D eigenvalue weighted by atomic mass is 127. The van der Waals surface area contributed by atoms with Crippen LogP contribution in [0.25, 0.3) is 0 Å². The molecule has 4 heteroatoms. The largest absolute Gasteiger partial charge is 0.297 e. The number of halogens is 3. The first-order valence-corrected chi connectivity index (χ1v) is 4.50. The average molecular weight is 267 g/mol. The summed E-state index contributed by atoms with van der Waals surface area (Å²) in [6.07, 6.45) is 0. The molecule has 1 unspecified atom stereocenters. The van der Waals surface area contributed by atoms with Gasteiger partial charge in [-0.3, -0.25) is 4.79 Å². The summed E-state index contributed by atoms with van der Waals surface area (Å²) in [5, 5.41) is -0.395. The van der Waals surface area contributed by atoms with Gasteiger partial charge in [-0.25, -0.2) is 0 Å². The van der Waals surface area contributed by atoms with E-state index in [0.717, 1.165) is 0 Å². The third-order valence-corrected chi connectivity index (χ3v) is 2.68. The number of ketones is 1. The number of hydrogen-bond donors (Lipinski definition) is 0. The van der Waals surface area contributed by atoms with E-state index in [1.165, 1.54) is 0 Å². The van der Waals surface area contributed by atoms with Gasteiger partial charge in [0.2, 0.25) is 0 Å². The van der Waals surface area contributed by atoms with Crippen LogP contribution in [-0.2, 0) is 4.79 Å². The normalized spacial score (nSPS) is 13.4. The molecule has 1 atom stereocenters. The molecule has 0 aliphatic carbocycles. The third kappa shape index (κ3) is 3.10. The Kier molecular flexibility index (Phi) is 5.41. The Labute approximate surface area is 71.9 Å². The number of carbonyl (C=O) groups excluding carboxylic acids is 1. The monoisotopic (exact) mass is 266 g/mol. The van der Waals surface area contributed by atoms with E-state index in [0.29, 0.717) is 4.43 Å². The summed E-state index contributed by atoms with van der Waals surface area (Å²) >= 11 is 12.7. The summed E-state index contributed by atoms with van der Waals surface area (Å²) in [4.78, 5) is 10.5. The number of carbonyl (C=O) groups is 1. The van der Waals surface area contributed by atoms with Crippen molar-refractivity contribution in [1.82, 2.24) is 0 Å². The van der Waals surface area contributed by atoms with E-state index in [1.54, 1.807) is 0 Å². The molecule has 48 valence electrons. The minimum atomic E-state index is -0.395. The molecule has 0 radical (unpaired) electrons. The molecule has 0 aliphatic rings. The fraction of sp³-hybridized carbons (Fsp3) is 0.750. The number of Topliss-reactive ketones (excluding diaryl/α,β-unsaturated/α-hetero) is 1. The lowest BCUT2D eigenvalue weighted by molar-refractivity contribution is -0.116. The fourth-order valence-corrected chi connectivity index (χ4v) is 1.00. The maximum absolute atomic E-state index is 10.5. The van der Waals surface area contributed by atoms with Crippen LogP contribution in [-0.4, -0.2) is 21.5 Å². The van der Waals surface area contributed by atoms with Gasteiger partial charge < -0.3 is 0 Å². The van der Waals surface area contributed by atoms with Crippen LogP contribution in [0.3, 0.4) is 0 Å². The molecule has 0 aromatic rings. The van der Waals surface area contributed by atoms with Crippen LogP contribution in [0.1, 0.15) is 0 Å². The van der Waals surface area contributed by atoms with Gasteiger partial charge >= 0.3 is 0 Å². The Morgan fingerprint density at radius 2 is 2.25 bits per heavy atom. The van der Waals surface area contributed by atoms with E-state index < -0.39 is 5.38 Å². The number of hydrogen-bond acceptors (Lipinski definition) is 1. The molecule has 8 heavy (non-hydrogen) atoms. The molecule has 0 N–H and O–H groups in total. The summed E-state index contributed by atoms with van der Waals surface area (Å²) < 4.78 is 0.630. The summed E-state index contributed by atoms with van der Waals surface area (Å²) in [6.45, 7) is 0. The van der Waals surface area contributed by atoms with Gasteiger partial charge in [-0.15, -0.1) is 23.2 Å². The third-order valence-electron chi connectivity index (χ3n) is 0.617. The van der Waals surface area contributed by atoms with Gasteiger partial charge in [-0.2, -0.15) is 0 Å². The van der Waals surface area contributed by atoms with Crippen molar-refractivity contribution in [2.75, 3.05) is 10.3 Å². The van der Waals surface area contributed by atoms with Gasteiger partial charge in [0.05, 0.1) is 5.88 Å². The van der Waals surface area contributed by atoms with Crippen molar-refractivity contribution in [1.29, 1.82) is 0 Å². The van der Waals surface area contributed by atoms with E-state index in [-0.39, 0.29) is 11.7 Å². The van der Waals surface area contributed by atoms with Crippen molar-refractivity contribution in [3.05, 3.63) is 0 Å².